The summed E-state index contributed by atoms with van der Waals surface area (Å²) in [4.78, 5) is 9.32. The van der Waals surface area contributed by atoms with Gasteiger partial charge in [0.05, 0.1) is 0 Å². The van der Waals surface area contributed by atoms with Crippen molar-refractivity contribution in [3.63, 3.8) is 0 Å². The minimum atomic E-state index is 0. The Morgan fingerprint density at radius 1 is 0.509 bits per heavy atom. The van der Waals surface area contributed by atoms with Crippen LogP contribution in [0.25, 0.3) is 44.8 Å². The quantitative estimate of drug-likeness (QED) is 0.131. The van der Waals surface area contributed by atoms with E-state index in [0.29, 0.717) is 0 Å². The molecule has 0 saturated heterocycles. The van der Waals surface area contributed by atoms with Crippen molar-refractivity contribution in [2.24, 2.45) is 0 Å². The van der Waals surface area contributed by atoms with Crippen LogP contribution < -0.4 is 25.9 Å². The summed E-state index contributed by atoms with van der Waals surface area (Å²) in [7, 11) is 0. The normalized spacial score (nSPS) is 11.7. The van der Waals surface area contributed by atoms with Crippen LogP contribution in [0.2, 0.25) is 0 Å². The van der Waals surface area contributed by atoms with E-state index >= 15 is 0 Å². The first-order valence-corrected chi connectivity index (χ1v) is 18.2. The molecule has 55 heavy (non-hydrogen) atoms. The van der Waals surface area contributed by atoms with Gasteiger partial charge in [-0.1, -0.05) is 144 Å². The molecule has 1 radical (unpaired) electrons. The molecular weight excluding hydrogens is 852 g/mol. The van der Waals surface area contributed by atoms with Gasteiger partial charge in [0.1, 0.15) is 11.5 Å². The molecule has 2 aliphatic rings. The fourth-order valence-corrected chi connectivity index (χ4v) is 7.27. The van der Waals surface area contributed by atoms with Crippen LogP contribution in [0.1, 0.15) is 16.7 Å². The second-order valence-corrected chi connectivity index (χ2v) is 13.7. The van der Waals surface area contributed by atoms with E-state index < -0.39 is 0 Å². The second-order valence-electron chi connectivity index (χ2n) is 13.7. The Bertz CT molecular complexity index is 2640. The molecule has 4 heterocycles. The number of hydrogen-bond donors (Lipinski definition) is 0. The number of aryl methyl sites for hydroxylation is 3. The van der Waals surface area contributed by atoms with Crippen molar-refractivity contribution >= 4 is 23.1 Å². The standard InChI is InChI=1S/C29H17BNO2.C20H18N.Ir/c1-2-8-19(9-3-1)20-14-16-24(31-18-20)21-15-17-27-28-29(21)33-26-13-7-5-11-23(26)30(28)22-10-4-6-12-25(22)32-27;1-14-9-10-18(20-11-15(2)16(3)13-21-20)12-19(14)17-7-5-4-6-8-17;/h1-14,16-18H;4-9,11-13H,1-3H3;/q2*-1;. The van der Waals surface area contributed by atoms with Crippen LogP contribution in [0.5, 0.6) is 23.0 Å². The molecule has 0 bridgehead atoms. The van der Waals surface area contributed by atoms with Gasteiger partial charge >= 0.3 is 0 Å². The molecule has 6 aromatic carbocycles. The van der Waals surface area contributed by atoms with Gasteiger partial charge in [-0.25, -0.2) is 0 Å². The maximum Gasteiger partial charge on any atom is 0.239 e. The van der Waals surface area contributed by atoms with Crippen molar-refractivity contribution in [1.82, 2.24) is 9.97 Å². The Morgan fingerprint density at radius 3 is 1.82 bits per heavy atom. The van der Waals surface area contributed by atoms with Crippen molar-refractivity contribution in [2.45, 2.75) is 20.8 Å². The zero-order valence-corrected chi connectivity index (χ0v) is 33.0. The van der Waals surface area contributed by atoms with E-state index in [9.17, 15) is 0 Å². The van der Waals surface area contributed by atoms with Gasteiger partial charge in [0, 0.05) is 44.0 Å². The van der Waals surface area contributed by atoms with Gasteiger partial charge in [0.25, 0.3) is 0 Å². The van der Waals surface area contributed by atoms with Crippen molar-refractivity contribution < 1.29 is 29.6 Å². The van der Waals surface area contributed by atoms with E-state index in [2.05, 4.69) is 123 Å². The summed E-state index contributed by atoms with van der Waals surface area (Å²) in [5, 5.41) is 0. The van der Waals surface area contributed by atoms with Crippen LogP contribution in [-0.4, -0.2) is 16.7 Å². The maximum atomic E-state index is 6.49. The van der Waals surface area contributed by atoms with Crippen molar-refractivity contribution in [1.29, 1.82) is 0 Å². The zero-order valence-electron chi connectivity index (χ0n) is 30.6. The Kier molecular flexibility index (Phi) is 10.0. The summed E-state index contributed by atoms with van der Waals surface area (Å²) in [5.41, 5.74) is 15.4. The fourth-order valence-electron chi connectivity index (χ4n) is 7.27. The Labute approximate surface area is 336 Å². The topological polar surface area (TPSA) is 44.2 Å². The van der Waals surface area contributed by atoms with Crippen LogP contribution in [-0.2, 0) is 20.1 Å². The molecule has 0 fully saturated rings. The van der Waals surface area contributed by atoms with E-state index in [0.717, 1.165) is 73.0 Å². The van der Waals surface area contributed by atoms with Crippen LogP contribution in [0.4, 0.5) is 0 Å². The third kappa shape index (κ3) is 6.92. The molecule has 0 atom stereocenters. The van der Waals surface area contributed by atoms with Gasteiger partial charge in [0.2, 0.25) is 6.71 Å². The number of fused-ring (bicyclic) bond motifs is 4. The Morgan fingerprint density at radius 2 is 1.15 bits per heavy atom. The van der Waals surface area contributed by atoms with Gasteiger partial charge in [0.15, 0.2) is 0 Å². The van der Waals surface area contributed by atoms with E-state index in [-0.39, 0.29) is 26.8 Å². The van der Waals surface area contributed by atoms with Crippen molar-refractivity contribution in [3.05, 3.63) is 187 Å². The molecule has 0 N–H and O–H groups in total. The van der Waals surface area contributed by atoms with E-state index in [1.54, 1.807) is 0 Å². The Balaban J connectivity index is 0.000000169. The number of pyridine rings is 2. The van der Waals surface area contributed by atoms with Crippen molar-refractivity contribution in [3.8, 4) is 67.8 Å². The first-order valence-electron chi connectivity index (χ1n) is 18.2. The average molecular weight is 887 g/mol. The molecule has 6 heteroatoms. The molecule has 2 aromatic heterocycles. The van der Waals surface area contributed by atoms with Crippen LogP contribution >= 0.6 is 0 Å². The molecule has 8 aromatic rings. The largest absolute Gasteiger partial charge is 0.503 e. The summed E-state index contributed by atoms with van der Waals surface area (Å²) in [6.45, 7) is 6.37. The van der Waals surface area contributed by atoms with Gasteiger partial charge in [-0.3, -0.25) is 0 Å². The van der Waals surface area contributed by atoms with Gasteiger partial charge in [-0.15, -0.1) is 41.5 Å². The molecule has 0 saturated carbocycles. The maximum absolute atomic E-state index is 6.49. The van der Waals surface area contributed by atoms with Crippen molar-refractivity contribution in [2.75, 3.05) is 0 Å². The van der Waals surface area contributed by atoms with E-state index in [1.807, 2.05) is 73.1 Å². The molecular formula is C49H35BIrN2O2-2. The third-order valence-corrected chi connectivity index (χ3v) is 10.3. The summed E-state index contributed by atoms with van der Waals surface area (Å²) < 4.78 is 12.8. The number of para-hydroxylation sites is 2. The summed E-state index contributed by atoms with van der Waals surface area (Å²) >= 11 is 0. The zero-order chi connectivity index (χ0) is 36.6. The number of rotatable bonds is 4. The molecule has 0 amide bonds. The second kappa shape index (κ2) is 15.4. The predicted molar refractivity (Wildman–Crippen MR) is 220 cm³/mol. The molecule has 4 nitrogen and oxygen atoms in total. The van der Waals surface area contributed by atoms with Crippen LogP contribution in [0.15, 0.2) is 158 Å². The van der Waals surface area contributed by atoms with Gasteiger partial charge < -0.3 is 19.4 Å². The number of ether oxygens (including phenoxy) is 2. The third-order valence-electron chi connectivity index (χ3n) is 10.3. The number of aromatic nitrogens is 2. The minimum Gasteiger partial charge on any atom is -0.503 e. The Hall–Kier alpha value is -6.07. The summed E-state index contributed by atoms with van der Waals surface area (Å²) in [5.74, 6) is 3.29. The number of benzene rings is 6. The summed E-state index contributed by atoms with van der Waals surface area (Å²) in [6, 6.07) is 56.3. The molecule has 2 aliphatic heterocycles. The minimum absolute atomic E-state index is 0. The van der Waals surface area contributed by atoms with Gasteiger partial charge in [-0.2, -0.15) is 0 Å². The number of nitrogens with zero attached hydrogens (tertiary/aromatic N) is 2. The van der Waals surface area contributed by atoms with E-state index in [4.69, 9.17) is 14.5 Å². The predicted octanol–water partition coefficient (Wildman–Crippen LogP) is 10.1. The first kappa shape index (κ1) is 35.9. The fraction of sp³-hybridized carbons (Fsp3) is 0.0612. The van der Waals surface area contributed by atoms with Gasteiger partial charge in [-0.05, 0) is 70.5 Å². The first-order chi connectivity index (χ1) is 26.5. The van der Waals surface area contributed by atoms with Crippen LogP contribution in [0, 0.1) is 32.9 Å². The number of hydrogen-bond acceptors (Lipinski definition) is 4. The molecule has 0 aliphatic carbocycles. The molecule has 0 spiro atoms. The monoisotopic (exact) mass is 887 g/mol. The average Bonchev–Trinajstić information content (AvgIpc) is 3.23. The van der Waals surface area contributed by atoms with Crippen LogP contribution in [0.3, 0.4) is 0 Å². The molecule has 0 unspecified atom stereocenters. The molecule has 10 rings (SSSR count). The SMILES string of the molecule is Cc1cnc(-c2[c-]cc(C)c(-c3ccccc3)c2)cc1C.[Ir].[c-]1cc2c3c(c1-c1ccc(-c4ccccc4)cn1)Oc1ccccc1B3c1ccccc1O2. The summed E-state index contributed by atoms with van der Waals surface area (Å²) in [6.07, 6.45) is 3.84. The van der Waals surface area contributed by atoms with E-state index in [1.165, 1.54) is 27.8 Å². The smallest absolute Gasteiger partial charge is 0.239 e. The molecule has 267 valence electrons.